The van der Waals surface area contributed by atoms with Gasteiger partial charge in [0.2, 0.25) is 5.91 Å². The number of benzene rings is 1. The first-order valence-corrected chi connectivity index (χ1v) is 9.91. The fourth-order valence-electron chi connectivity index (χ4n) is 3.35. The number of nitriles is 1. The van der Waals surface area contributed by atoms with Crippen LogP contribution in [0.15, 0.2) is 29.4 Å². The molecular weight excluding hydrogens is 346 g/mol. The van der Waals surface area contributed by atoms with Crippen LogP contribution in [0.4, 0.5) is 0 Å². The second-order valence-electron chi connectivity index (χ2n) is 6.66. The lowest BCUT2D eigenvalue weighted by Crippen LogP contribution is -2.45. The van der Waals surface area contributed by atoms with E-state index in [-0.39, 0.29) is 11.7 Å². The number of hydrogen-bond acceptors (Lipinski definition) is 5. The van der Waals surface area contributed by atoms with Crippen molar-refractivity contribution < 1.29 is 4.79 Å². The van der Waals surface area contributed by atoms with Gasteiger partial charge in [0.25, 0.3) is 0 Å². The van der Waals surface area contributed by atoms with Gasteiger partial charge < -0.3 is 9.88 Å². The number of carbonyl (C=O) groups excluding carboxylic acids is 1. The molecule has 0 radical (unpaired) electrons. The molecule has 1 aromatic carbocycles. The number of nitrogens with zero attached hydrogens (tertiary/aromatic N) is 4. The standard InChI is InChI=1S/C19H23N5OS/c1-3-24-17(15-8-6-7-14(2)11-15)22-23-18(24)26-12-16(25)21-19(13-20)9-4-5-10-19/h6-8,11H,3-5,9-10,12H2,1-2H3,(H,21,25). The summed E-state index contributed by atoms with van der Waals surface area (Å²) in [7, 11) is 0. The van der Waals surface area contributed by atoms with Crippen LogP contribution in [-0.4, -0.2) is 32.0 Å². The van der Waals surface area contributed by atoms with Gasteiger partial charge in [-0.05, 0) is 45.6 Å². The smallest absolute Gasteiger partial charge is 0.231 e. The molecule has 0 saturated heterocycles. The van der Waals surface area contributed by atoms with Crippen molar-refractivity contribution in [1.82, 2.24) is 20.1 Å². The first-order chi connectivity index (χ1) is 12.6. The van der Waals surface area contributed by atoms with E-state index < -0.39 is 5.54 Å². The number of nitrogens with one attached hydrogen (secondary N) is 1. The van der Waals surface area contributed by atoms with Crippen molar-refractivity contribution in [1.29, 1.82) is 5.26 Å². The van der Waals surface area contributed by atoms with E-state index in [0.717, 1.165) is 48.8 Å². The number of rotatable bonds is 6. The normalized spacial score (nSPS) is 15.6. The fraction of sp³-hybridized carbons (Fsp3) is 0.474. The van der Waals surface area contributed by atoms with Gasteiger partial charge in [-0.2, -0.15) is 5.26 Å². The molecule has 26 heavy (non-hydrogen) atoms. The largest absolute Gasteiger partial charge is 0.337 e. The average molecular weight is 369 g/mol. The van der Waals surface area contributed by atoms with Gasteiger partial charge in [0, 0.05) is 12.1 Å². The fourth-order valence-corrected chi connectivity index (χ4v) is 4.16. The Morgan fingerprint density at radius 3 is 2.81 bits per heavy atom. The molecule has 2 aromatic rings. The molecule has 1 N–H and O–H groups in total. The molecule has 0 spiro atoms. The van der Waals surface area contributed by atoms with E-state index in [9.17, 15) is 10.1 Å². The summed E-state index contributed by atoms with van der Waals surface area (Å²) in [5, 5.41) is 21.6. The summed E-state index contributed by atoms with van der Waals surface area (Å²) in [6.45, 7) is 4.81. The van der Waals surface area contributed by atoms with Crippen LogP contribution in [0.1, 0.15) is 38.2 Å². The third-order valence-corrected chi connectivity index (χ3v) is 5.66. The van der Waals surface area contributed by atoms with Gasteiger partial charge in [-0.25, -0.2) is 0 Å². The van der Waals surface area contributed by atoms with Crippen LogP contribution < -0.4 is 5.32 Å². The summed E-state index contributed by atoms with van der Waals surface area (Å²) >= 11 is 1.36. The van der Waals surface area contributed by atoms with E-state index in [2.05, 4.69) is 27.6 Å². The summed E-state index contributed by atoms with van der Waals surface area (Å²) in [5.41, 5.74) is 1.51. The predicted octanol–water partition coefficient (Wildman–Crippen LogP) is 3.32. The molecule has 3 rings (SSSR count). The van der Waals surface area contributed by atoms with Gasteiger partial charge >= 0.3 is 0 Å². The molecule has 1 aliphatic rings. The van der Waals surface area contributed by atoms with Crippen molar-refractivity contribution in [3.8, 4) is 17.5 Å². The van der Waals surface area contributed by atoms with Crippen LogP contribution in [0.3, 0.4) is 0 Å². The van der Waals surface area contributed by atoms with E-state index in [0.29, 0.717) is 0 Å². The second-order valence-corrected chi connectivity index (χ2v) is 7.60. The quantitative estimate of drug-likeness (QED) is 0.790. The lowest BCUT2D eigenvalue weighted by molar-refractivity contribution is -0.119. The van der Waals surface area contributed by atoms with Gasteiger partial charge in [0.15, 0.2) is 11.0 Å². The Kier molecular flexibility index (Phi) is 5.62. The maximum Gasteiger partial charge on any atom is 0.231 e. The van der Waals surface area contributed by atoms with Crippen molar-refractivity contribution in [3.63, 3.8) is 0 Å². The lowest BCUT2D eigenvalue weighted by Gasteiger charge is -2.21. The summed E-state index contributed by atoms with van der Waals surface area (Å²) < 4.78 is 2.02. The predicted molar refractivity (Wildman–Crippen MR) is 102 cm³/mol. The Morgan fingerprint density at radius 2 is 2.15 bits per heavy atom. The Bertz CT molecular complexity index is 833. The minimum absolute atomic E-state index is 0.124. The van der Waals surface area contributed by atoms with Gasteiger partial charge in [-0.3, -0.25) is 4.79 Å². The second kappa shape index (κ2) is 7.92. The van der Waals surface area contributed by atoms with Crippen LogP contribution >= 0.6 is 11.8 Å². The third-order valence-electron chi connectivity index (χ3n) is 4.69. The Hall–Kier alpha value is -2.33. The third kappa shape index (κ3) is 3.91. The van der Waals surface area contributed by atoms with E-state index in [1.54, 1.807) is 0 Å². The number of aromatic nitrogens is 3. The highest BCUT2D eigenvalue weighted by Gasteiger charge is 2.35. The molecule has 1 heterocycles. The lowest BCUT2D eigenvalue weighted by atomic mass is 10.0. The zero-order chi connectivity index (χ0) is 18.6. The Balaban J connectivity index is 1.69. The van der Waals surface area contributed by atoms with Gasteiger partial charge in [0.05, 0.1) is 11.8 Å². The molecule has 0 bridgehead atoms. The molecule has 1 saturated carbocycles. The molecule has 1 aromatic heterocycles. The van der Waals surface area contributed by atoms with Gasteiger partial charge in [0.1, 0.15) is 5.54 Å². The molecule has 0 aliphatic heterocycles. The minimum atomic E-state index is -0.678. The summed E-state index contributed by atoms with van der Waals surface area (Å²) in [4.78, 5) is 12.3. The van der Waals surface area contributed by atoms with Crippen molar-refractivity contribution >= 4 is 17.7 Å². The van der Waals surface area contributed by atoms with Crippen LogP contribution in [0, 0.1) is 18.3 Å². The SMILES string of the molecule is CCn1c(SCC(=O)NC2(C#N)CCCC2)nnc1-c1cccc(C)c1. The van der Waals surface area contributed by atoms with Crippen molar-refractivity contribution in [2.24, 2.45) is 0 Å². The Morgan fingerprint density at radius 1 is 1.38 bits per heavy atom. The molecule has 136 valence electrons. The topological polar surface area (TPSA) is 83.6 Å². The number of carbonyl (C=O) groups is 1. The van der Waals surface area contributed by atoms with Crippen LogP contribution in [0.2, 0.25) is 0 Å². The molecular formula is C19H23N5OS. The van der Waals surface area contributed by atoms with Crippen molar-refractivity contribution in [3.05, 3.63) is 29.8 Å². The van der Waals surface area contributed by atoms with E-state index in [1.165, 1.54) is 17.3 Å². The zero-order valence-corrected chi connectivity index (χ0v) is 16.0. The number of hydrogen-bond donors (Lipinski definition) is 1. The number of amides is 1. The maximum absolute atomic E-state index is 12.3. The number of aryl methyl sites for hydroxylation is 1. The molecule has 1 aliphatic carbocycles. The highest BCUT2D eigenvalue weighted by atomic mass is 32.2. The van der Waals surface area contributed by atoms with Gasteiger partial charge in [-0.1, -0.05) is 35.5 Å². The average Bonchev–Trinajstić information content (AvgIpc) is 3.27. The summed E-state index contributed by atoms with van der Waals surface area (Å²) in [5.74, 6) is 0.916. The molecule has 6 nitrogen and oxygen atoms in total. The summed E-state index contributed by atoms with van der Waals surface area (Å²) in [6, 6.07) is 10.4. The Labute approximate surface area is 158 Å². The first-order valence-electron chi connectivity index (χ1n) is 8.92. The van der Waals surface area contributed by atoms with Crippen LogP contribution in [0.5, 0.6) is 0 Å². The molecule has 0 unspecified atom stereocenters. The van der Waals surface area contributed by atoms with Crippen LogP contribution in [-0.2, 0) is 11.3 Å². The maximum atomic E-state index is 12.3. The molecule has 1 fully saturated rings. The highest BCUT2D eigenvalue weighted by molar-refractivity contribution is 7.99. The van der Waals surface area contributed by atoms with Crippen LogP contribution in [0.25, 0.3) is 11.4 Å². The monoisotopic (exact) mass is 369 g/mol. The first kappa shape index (κ1) is 18.5. The summed E-state index contributed by atoms with van der Waals surface area (Å²) in [6.07, 6.45) is 3.46. The van der Waals surface area contributed by atoms with E-state index in [1.807, 2.05) is 36.6 Å². The minimum Gasteiger partial charge on any atom is -0.337 e. The number of thioether (sulfide) groups is 1. The van der Waals surface area contributed by atoms with E-state index >= 15 is 0 Å². The van der Waals surface area contributed by atoms with Crippen molar-refractivity contribution in [2.45, 2.75) is 56.8 Å². The molecule has 7 heteroatoms. The van der Waals surface area contributed by atoms with Crippen molar-refractivity contribution in [2.75, 3.05) is 5.75 Å². The zero-order valence-electron chi connectivity index (χ0n) is 15.2. The molecule has 0 atom stereocenters. The van der Waals surface area contributed by atoms with Gasteiger partial charge in [-0.15, -0.1) is 10.2 Å². The highest BCUT2D eigenvalue weighted by Crippen LogP contribution is 2.29. The van der Waals surface area contributed by atoms with E-state index in [4.69, 9.17) is 0 Å². The molecule has 1 amide bonds.